The van der Waals surface area contributed by atoms with E-state index in [0.717, 1.165) is 39.1 Å². The van der Waals surface area contributed by atoms with Gasteiger partial charge in [0.1, 0.15) is 0 Å². The lowest BCUT2D eigenvalue weighted by Crippen LogP contribution is -3.12. The predicted molar refractivity (Wildman–Crippen MR) is 102 cm³/mol. The maximum absolute atomic E-state index is 11.5. The lowest BCUT2D eigenvalue weighted by atomic mass is 10.3. The number of anilines is 3. The Morgan fingerprint density at radius 2 is 1.96 bits per heavy atom. The fourth-order valence-electron chi connectivity index (χ4n) is 3.18. The van der Waals surface area contributed by atoms with Gasteiger partial charge in [-0.25, -0.2) is 0 Å². The van der Waals surface area contributed by atoms with Gasteiger partial charge in [-0.2, -0.15) is 9.97 Å². The van der Waals surface area contributed by atoms with Crippen molar-refractivity contribution in [3.05, 3.63) is 10.1 Å². The highest BCUT2D eigenvalue weighted by Gasteiger charge is 2.29. The molecule has 0 radical (unpaired) electrons. The van der Waals surface area contributed by atoms with Gasteiger partial charge in [0.25, 0.3) is 0 Å². The zero-order valence-electron chi connectivity index (χ0n) is 16.0. The highest BCUT2D eigenvalue weighted by Crippen LogP contribution is 2.31. The number of rotatable bonds is 9. The van der Waals surface area contributed by atoms with Crippen molar-refractivity contribution < 1.29 is 14.7 Å². The highest BCUT2D eigenvalue weighted by atomic mass is 16.6. The van der Waals surface area contributed by atoms with Crippen LogP contribution in [0.15, 0.2) is 0 Å². The third kappa shape index (κ3) is 5.15. The number of quaternary nitrogens is 2. The van der Waals surface area contributed by atoms with Crippen LogP contribution in [-0.2, 0) is 0 Å². The normalized spacial score (nSPS) is 15.5. The van der Waals surface area contributed by atoms with E-state index in [1.54, 1.807) is 0 Å². The van der Waals surface area contributed by atoms with E-state index in [9.17, 15) is 10.1 Å². The molecule has 2 rings (SSSR count). The SMILES string of the molecule is CC[NH+](CC)CCCNc1nc(N)c([N+](=O)[O-])c(N2CC[NH+](C)CC2)n1. The Balaban J connectivity index is 2.09. The van der Waals surface area contributed by atoms with Crippen molar-refractivity contribution in [3.63, 3.8) is 0 Å². The van der Waals surface area contributed by atoms with Gasteiger partial charge in [-0.05, 0) is 13.8 Å². The molecule has 0 unspecified atom stereocenters. The average Bonchev–Trinajstić information content (AvgIpc) is 2.61. The number of nitrogens with two attached hydrogens (primary N) is 1. The van der Waals surface area contributed by atoms with E-state index in [-0.39, 0.29) is 11.5 Å². The molecule has 10 heteroatoms. The van der Waals surface area contributed by atoms with Gasteiger partial charge in [0.2, 0.25) is 17.6 Å². The van der Waals surface area contributed by atoms with Crippen LogP contribution < -0.4 is 25.8 Å². The molecule has 146 valence electrons. The summed E-state index contributed by atoms with van der Waals surface area (Å²) >= 11 is 0. The fourth-order valence-corrected chi connectivity index (χ4v) is 3.18. The largest absolute Gasteiger partial charge is 0.378 e. The van der Waals surface area contributed by atoms with Crippen molar-refractivity contribution in [1.29, 1.82) is 0 Å². The van der Waals surface area contributed by atoms with E-state index in [4.69, 9.17) is 5.73 Å². The second-order valence-electron chi connectivity index (χ2n) is 6.79. The van der Waals surface area contributed by atoms with E-state index >= 15 is 0 Å². The van der Waals surface area contributed by atoms with Crippen LogP contribution in [0.1, 0.15) is 20.3 Å². The number of aromatic nitrogens is 2. The fraction of sp³-hybridized carbons (Fsp3) is 0.750. The Labute approximate surface area is 154 Å². The van der Waals surface area contributed by atoms with Gasteiger partial charge < -0.3 is 25.8 Å². The first kappa shape index (κ1) is 20.1. The summed E-state index contributed by atoms with van der Waals surface area (Å²) in [5, 5.41) is 14.6. The minimum Gasteiger partial charge on any atom is -0.378 e. The average molecular weight is 368 g/mol. The van der Waals surface area contributed by atoms with E-state index in [1.807, 2.05) is 4.90 Å². The molecule has 0 aliphatic carbocycles. The Morgan fingerprint density at radius 1 is 1.31 bits per heavy atom. The molecule has 1 saturated heterocycles. The minimum atomic E-state index is -0.483. The molecule has 0 atom stereocenters. The molecule has 0 spiro atoms. The molecule has 1 aliphatic heterocycles. The van der Waals surface area contributed by atoms with Crippen LogP contribution in [0.2, 0.25) is 0 Å². The van der Waals surface area contributed by atoms with Gasteiger partial charge in [-0.1, -0.05) is 0 Å². The number of hydrogen-bond acceptors (Lipinski definition) is 7. The van der Waals surface area contributed by atoms with Crippen LogP contribution in [0.25, 0.3) is 0 Å². The molecule has 2 heterocycles. The molecule has 0 aromatic carbocycles. The first-order chi connectivity index (χ1) is 12.5. The van der Waals surface area contributed by atoms with Crippen LogP contribution in [-0.4, -0.2) is 74.3 Å². The third-order valence-electron chi connectivity index (χ3n) is 4.98. The lowest BCUT2D eigenvalue weighted by Gasteiger charge is -2.30. The predicted octanol–water partition coefficient (Wildman–Crippen LogP) is -1.97. The number of nitrogen functional groups attached to an aromatic ring is 1. The molecule has 5 N–H and O–H groups in total. The molecule has 0 bridgehead atoms. The van der Waals surface area contributed by atoms with Crippen molar-refractivity contribution in [2.24, 2.45) is 0 Å². The monoisotopic (exact) mass is 368 g/mol. The number of nitro groups is 1. The molecule has 1 fully saturated rings. The Kier molecular flexibility index (Phi) is 7.34. The Bertz CT molecular complexity index is 600. The number of piperazine rings is 1. The van der Waals surface area contributed by atoms with Crippen LogP contribution >= 0.6 is 0 Å². The molecule has 1 aromatic heterocycles. The molecule has 1 aliphatic rings. The van der Waals surface area contributed by atoms with Crippen molar-refractivity contribution in [2.45, 2.75) is 20.3 Å². The van der Waals surface area contributed by atoms with E-state index in [2.05, 4.69) is 36.2 Å². The summed E-state index contributed by atoms with van der Waals surface area (Å²) in [6, 6.07) is 0. The summed E-state index contributed by atoms with van der Waals surface area (Å²) in [6.07, 6.45) is 0.977. The molecule has 10 nitrogen and oxygen atoms in total. The maximum atomic E-state index is 11.5. The standard InChI is InChI=1S/C16H30N8O2/c1-4-22(5-2)8-6-7-18-16-19-14(17)13(24(25)26)15(20-16)23-11-9-21(3)10-12-23/h4-12H2,1-3H3,(H3,17,18,19,20)/p+2. The summed E-state index contributed by atoms with van der Waals surface area (Å²) in [4.78, 5) is 24.4. The molecular formula is C16H32N8O2+2. The number of nitrogens with one attached hydrogen (secondary N) is 3. The van der Waals surface area contributed by atoms with E-state index in [1.165, 1.54) is 9.80 Å². The van der Waals surface area contributed by atoms with Gasteiger partial charge in [-0.3, -0.25) is 10.1 Å². The van der Waals surface area contributed by atoms with Crippen molar-refractivity contribution in [1.82, 2.24) is 9.97 Å². The Morgan fingerprint density at radius 3 is 2.54 bits per heavy atom. The van der Waals surface area contributed by atoms with Crippen molar-refractivity contribution >= 4 is 23.3 Å². The third-order valence-corrected chi connectivity index (χ3v) is 4.98. The zero-order valence-corrected chi connectivity index (χ0v) is 16.0. The molecule has 1 aromatic rings. The number of likely N-dealkylation sites (N-methyl/N-ethyl adjacent to an activating group) is 1. The molecule has 0 amide bonds. The highest BCUT2D eigenvalue weighted by molar-refractivity contribution is 5.71. The Hall–Kier alpha value is -2.20. The van der Waals surface area contributed by atoms with Gasteiger partial charge in [0, 0.05) is 13.0 Å². The second-order valence-corrected chi connectivity index (χ2v) is 6.79. The van der Waals surface area contributed by atoms with E-state index < -0.39 is 4.92 Å². The van der Waals surface area contributed by atoms with Gasteiger partial charge in [0.05, 0.1) is 57.8 Å². The zero-order chi connectivity index (χ0) is 19.1. The van der Waals surface area contributed by atoms with Crippen LogP contribution in [0.5, 0.6) is 0 Å². The van der Waals surface area contributed by atoms with Crippen molar-refractivity contribution in [2.75, 3.05) is 75.4 Å². The molecule has 26 heavy (non-hydrogen) atoms. The summed E-state index contributed by atoms with van der Waals surface area (Å²) < 4.78 is 0. The minimum absolute atomic E-state index is 0.0804. The topological polar surface area (TPSA) is 119 Å². The maximum Gasteiger partial charge on any atom is 0.353 e. The van der Waals surface area contributed by atoms with Crippen molar-refractivity contribution in [3.8, 4) is 0 Å². The van der Waals surface area contributed by atoms with Crippen LogP contribution in [0.4, 0.5) is 23.3 Å². The second kappa shape index (κ2) is 9.48. The smallest absolute Gasteiger partial charge is 0.353 e. The summed E-state index contributed by atoms with van der Waals surface area (Å²) in [6.45, 7) is 11.6. The van der Waals surface area contributed by atoms with Gasteiger partial charge >= 0.3 is 5.69 Å². The first-order valence-electron chi connectivity index (χ1n) is 9.41. The quantitative estimate of drug-likeness (QED) is 0.227. The van der Waals surface area contributed by atoms with Gasteiger partial charge in [-0.15, -0.1) is 0 Å². The van der Waals surface area contributed by atoms with Crippen LogP contribution in [0.3, 0.4) is 0 Å². The number of nitrogens with zero attached hydrogens (tertiary/aromatic N) is 4. The molecule has 0 saturated carbocycles. The summed E-state index contributed by atoms with van der Waals surface area (Å²) in [5.74, 6) is 0.610. The summed E-state index contributed by atoms with van der Waals surface area (Å²) in [5.41, 5.74) is 5.69. The van der Waals surface area contributed by atoms with Gasteiger partial charge in [0.15, 0.2) is 0 Å². The number of hydrogen-bond donors (Lipinski definition) is 4. The molecular weight excluding hydrogens is 336 g/mol. The van der Waals surface area contributed by atoms with E-state index in [0.29, 0.717) is 31.4 Å². The summed E-state index contributed by atoms with van der Waals surface area (Å²) in [7, 11) is 2.12. The van der Waals surface area contributed by atoms with Crippen LogP contribution in [0, 0.1) is 10.1 Å². The lowest BCUT2D eigenvalue weighted by molar-refractivity contribution is -0.896. The first-order valence-corrected chi connectivity index (χ1v) is 9.41.